The van der Waals surface area contributed by atoms with Gasteiger partial charge in [0.15, 0.2) is 6.10 Å². The zero-order valence-corrected chi connectivity index (χ0v) is 12.5. The van der Waals surface area contributed by atoms with Crippen LogP contribution >= 0.6 is 0 Å². The van der Waals surface area contributed by atoms with Gasteiger partial charge in [-0.3, -0.25) is 4.90 Å². The summed E-state index contributed by atoms with van der Waals surface area (Å²) in [6.45, 7) is 5.00. The van der Waals surface area contributed by atoms with Crippen molar-refractivity contribution in [2.75, 3.05) is 26.2 Å². The number of aliphatic carboxylic acids is 1. The molecule has 0 aromatic heterocycles. The summed E-state index contributed by atoms with van der Waals surface area (Å²) in [5.74, 6) is -0.929. The highest BCUT2D eigenvalue weighted by atomic mass is 16.5. The molecule has 7 nitrogen and oxygen atoms in total. The van der Waals surface area contributed by atoms with E-state index in [1.54, 1.807) is 0 Å². The molecule has 1 aliphatic carbocycles. The summed E-state index contributed by atoms with van der Waals surface area (Å²) in [7, 11) is 0. The second-order valence-corrected chi connectivity index (χ2v) is 5.66. The number of carboxylic acids is 1. The minimum atomic E-state index is -0.929. The van der Waals surface area contributed by atoms with Gasteiger partial charge in [-0.15, -0.1) is 0 Å². The van der Waals surface area contributed by atoms with Gasteiger partial charge in [-0.1, -0.05) is 6.92 Å². The average molecular weight is 299 g/mol. The Morgan fingerprint density at radius 1 is 1.24 bits per heavy atom. The Labute approximate surface area is 125 Å². The van der Waals surface area contributed by atoms with E-state index in [-0.39, 0.29) is 12.1 Å². The number of likely N-dealkylation sites (N-methyl/N-ethyl adjacent to an activating group) is 1. The maximum Gasteiger partial charge on any atom is 0.332 e. The van der Waals surface area contributed by atoms with Crippen LogP contribution in [0.2, 0.25) is 0 Å². The first-order valence-corrected chi connectivity index (χ1v) is 7.74. The number of nitrogens with zero attached hydrogens (tertiary/aromatic N) is 1. The summed E-state index contributed by atoms with van der Waals surface area (Å²) in [6, 6.07) is 0.490. The molecule has 2 unspecified atom stereocenters. The van der Waals surface area contributed by atoms with Gasteiger partial charge in [-0.05, 0) is 32.2 Å². The zero-order chi connectivity index (χ0) is 15.2. The lowest BCUT2D eigenvalue weighted by Gasteiger charge is -2.20. The molecule has 7 heteroatoms. The maximum absolute atomic E-state index is 11.7. The fourth-order valence-corrected chi connectivity index (χ4v) is 2.66. The van der Waals surface area contributed by atoms with E-state index in [0.717, 1.165) is 13.1 Å². The first-order valence-electron chi connectivity index (χ1n) is 7.74. The predicted molar refractivity (Wildman–Crippen MR) is 77.2 cm³/mol. The third kappa shape index (κ3) is 5.17. The predicted octanol–water partition coefficient (Wildman–Crippen LogP) is 0.402. The lowest BCUT2D eigenvalue weighted by Crippen LogP contribution is -2.43. The van der Waals surface area contributed by atoms with Gasteiger partial charge >= 0.3 is 12.0 Å². The minimum Gasteiger partial charge on any atom is -0.479 e. The van der Waals surface area contributed by atoms with Crippen LogP contribution in [-0.2, 0) is 9.53 Å². The Morgan fingerprint density at radius 2 is 2.00 bits per heavy atom. The van der Waals surface area contributed by atoms with Gasteiger partial charge in [0.25, 0.3) is 0 Å². The highest BCUT2D eigenvalue weighted by molar-refractivity contribution is 5.74. The highest BCUT2D eigenvalue weighted by Crippen LogP contribution is 2.25. The van der Waals surface area contributed by atoms with Crippen LogP contribution in [0.3, 0.4) is 0 Å². The molecule has 1 saturated heterocycles. The third-order valence-corrected chi connectivity index (χ3v) is 4.03. The number of rotatable bonds is 8. The molecule has 21 heavy (non-hydrogen) atoms. The molecule has 2 rings (SSSR count). The second-order valence-electron chi connectivity index (χ2n) is 5.66. The number of urea groups is 1. The van der Waals surface area contributed by atoms with Crippen LogP contribution in [-0.4, -0.2) is 66.4 Å². The summed E-state index contributed by atoms with van der Waals surface area (Å²) < 4.78 is 5.32. The molecule has 1 aliphatic heterocycles. The van der Waals surface area contributed by atoms with Crippen molar-refractivity contribution >= 4 is 12.0 Å². The van der Waals surface area contributed by atoms with Gasteiger partial charge in [0.1, 0.15) is 0 Å². The number of hydrogen-bond acceptors (Lipinski definition) is 4. The van der Waals surface area contributed by atoms with Gasteiger partial charge in [0, 0.05) is 25.7 Å². The standard InChI is InChI=1S/C14H25N3O4/c1-2-17(10-3-4-10)8-7-15-14(20)16-9-11-5-6-12(21-11)13(18)19/h10-12H,2-9H2,1H3,(H,18,19)(H2,15,16,20). The fourth-order valence-electron chi connectivity index (χ4n) is 2.66. The normalized spacial score (nSPS) is 25.0. The smallest absolute Gasteiger partial charge is 0.332 e. The van der Waals surface area contributed by atoms with E-state index >= 15 is 0 Å². The molecule has 3 N–H and O–H groups in total. The number of hydrogen-bond donors (Lipinski definition) is 3. The SMILES string of the molecule is CCN(CCNC(=O)NCC1CCC(C(=O)O)O1)C1CC1. The Morgan fingerprint density at radius 3 is 2.57 bits per heavy atom. The second kappa shape index (κ2) is 7.61. The molecule has 0 aromatic rings. The first-order chi connectivity index (χ1) is 10.1. The fraction of sp³-hybridized carbons (Fsp3) is 0.857. The quantitative estimate of drug-likeness (QED) is 0.603. The summed E-state index contributed by atoms with van der Waals surface area (Å²) in [4.78, 5) is 24.8. The molecule has 2 aliphatic rings. The van der Waals surface area contributed by atoms with Crippen LogP contribution in [0, 0.1) is 0 Å². The van der Waals surface area contributed by atoms with Gasteiger partial charge in [0.05, 0.1) is 6.10 Å². The number of ether oxygens (including phenoxy) is 1. The van der Waals surface area contributed by atoms with Crippen LogP contribution < -0.4 is 10.6 Å². The summed E-state index contributed by atoms with van der Waals surface area (Å²) in [6.07, 6.45) is 2.79. The molecule has 0 radical (unpaired) electrons. The topological polar surface area (TPSA) is 90.9 Å². The Kier molecular flexibility index (Phi) is 5.81. The van der Waals surface area contributed by atoms with Crippen molar-refractivity contribution < 1.29 is 19.4 Å². The minimum absolute atomic E-state index is 0.199. The van der Waals surface area contributed by atoms with Crippen molar-refractivity contribution in [2.24, 2.45) is 0 Å². The molecule has 2 amide bonds. The Hall–Kier alpha value is -1.34. The van der Waals surface area contributed by atoms with Crippen LogP contribution in [0.25, 0.3) is 0 Å². The number of amides is 2. The van der Waals surface area contributed by atoms with Gasteiger partial charge in [-0.2, -0.15) is 0 Å². The lowest BCUT2D eigenvalue weighted by molar-refractivity contribution is -0.149. The van der Waals surface area contributed by atoms with E-state index < -0.39 is 12.1 Å². The molecule has 0 spiro atoms. The van der Waals surface area contributed by atoms with E-state index in [0.29, 0.717) is 32.0 Å². The van der Waals surface area contributed by atoms with Crippen LogP contribution in [0.1, 0.15) is 32.6 Å². The Balaban J connectivity index is 1.54. The molecule has 1 heterocycles. The van der Waals surface area contributed by atoms with Crippen LogP contribution in [0.5, 0.6) is 0 Å². The Bertz CT molecular complexity index is 373. The molecule has 2 fully saturated rings. The van der Waals surface area contributed by atoms with Crippen LogP contribution in [0.4, 0.5) is 4.79 Å². The number of nitrogens with one attached hydrogen (secondary N) is 2. The first kappa shape index (κ1) is 16.0. The molecule has 1 saturated carbocycles. The van der Waals surface area contributed by atoms with E-state index in [9.17, 15) is 9.59 Å². The van der Waals surface area contributed by atoms with E-state index in [1.165, 1.54) is 12.8 Å². The number of carboxylic acid groups (broad SMARTS) is 1. The van der Waals surface area contributed by atoms with Crippen molar-refractivity contribution in [3.63, 3.8) is 0 Å². The molecule has 2 atom stereocenters. The maximum atomic E-state index is 11.7. The average Bonchev–Trinajstić information content (AvgIpc) is 3.18. The van der Waals surface area contributed by atoms with E-state index in [1.807, 2.05) is 0 Å². The summed E-state index contributed by atoms with van der Waals surface area (Å²) in [5.41, 5.74) is 0. The summed E-state index contributed by atoms with van der Waals surface area (Å²) >= 11 is 0. The molecule has 0 aromatic carbocycles. The van der Waals surface area contributed by atoms with E-state index in [4.69, 9.17) is 9.84 Å². The lowest BCUT2D eigenvalue weighted by atomic mass is 10.2. The monoisotopic (exact) mass is 299 g/mol. The molecular weight excluding hydrogens is 274 g/mol. The van der Waals surface area contributed by atoms with Crippen molar-refractivity contribution in [3.8, 4) is 0 Å². The van der Waals surface area contributed by atoms with Crippen molar-refractivity contribution in [1.82, 2.24) is 15.5 Å². The van der Waals surface area contributed by atoms with Crippen molar-refractivity contribution in [1.29, 1.82) is 0 Å². The largest absolute Gasteiger partial charge is 0.479 e. The van der Waals surface area contributed by atoms with Gasteiger partial charge in [0.2, 0.25) is 0 Å². The van der Waals surface area contributed by atoms with Gasteiger partial charge in [-0.25, -0.2) is 9.59 Å². The van der Waals surface area contributed by atoms with Crippen LogP contribution in [0.15, 0.2) is 0 Å². The molecular formula is C14H25N3O4. The van der Waals surface area contributed by atoms with Crippen molar-refractivity contribution in [3.05, 3.63) is 0 Å². The summed E-state index contributed by atoms with van der Waals surface area (Å²) in [5, 5.41) is 14.4. The number of carbonyl (C=O) groups is 2. The van der Waals surface area contributed by atoms with Crippen molar-refractivity contribution in [2.45, 2.75) is 50.9 Å². The third-order valence-electron chi connectivity index (χ3n) is 4.03. The molecule has 120 valence electrons. The molecule has 0 bridgehead atoms. The number of carbonyl (C=O) groups excluding carboxylic acids is 1. The van der Waals surface area contributed by atoms with Gasteiger partial charge < -0.3 is 20.5 Å². The zero-order valence-electron chi connectivity index (χ0n) is 12.5. The van der Waals surface area contributed by atoms with E-state index in [2.05, 4.69) is 22.5 Å². The highest BCUT2D eigenvalue weighted by Gasteiger charge is 2.30.